The van der Waals surface area contributed by atoms with Gasteiger partial charge in [-0.25, -0.2) is 22.7 Å². The Kier molecular flexibility index (Phi) is 8.29. The quantitative estimate of drug-likeness (QED) is 0.469. The van der Waals surface area contributed by atoms with Crippen LogP contribution >= 0.6 is 11.6 Å². The van der Waals surface area contributed by atoms with Gasteiger partial charge in [-0.2, -0.15) is 0 Å². The van der Waals surface area contributed by atoms with Crippen LogP contribution in [0.25, 0.3) is 0 Å². The van der Waals surface area contributed by atoms with Crippen molar-refractivity contribution in [1.29, 1.82) is 0 Å². The van der Waals surface area contributed by atoms with Gasteiger partial charge in [0.05, 0.1) is 23.2 Å². The summed E-state index contributed by atoms with van der Waals surface area (Å²) >= 11 is 5.89. The van der Waals surface area contributed by atoms with Crippen LogP contribution in [0.5, 0.6) is 0 Å². The van der Waals surface area contributed by atoms with Crippen LogP contribution in [-0.2, 0) is 14.8 Å². The maximum Gasteiger partial charge on any atom is 0.225 e. The highest BCUT2D eigenvalue weighted by atomic mass is 35.5. The zero-order valence-electron chi connectivity index (χ0n) is 19.2. The largest absolute Gasteiger partial charge is 0.381 e. The Bertz CT molecular complexity index is 822. The van der Waals surface area contributed by atoms with Gasteiger partial charge in [0.1, 0.15) is 0 Å². The van der Waals surface area contributed by atoms with Gasteiger partial charge in [-0.3, -0.25) is 0 Å². The minimum Gasteiger partial charge on any atom is -0.381 e. The van der Waals surface area contributed by atoms with Gasteiger partial charge in [0.15, 0.2) is 0 Å². The molecule has 7 nitrogen and oxygen atoms in total. The first-order valence-electron chi connectivity index (χ1n) is 12.2. The number of sulfonamides is 1. The number of anilines is 1. The summed E-state index contributed by atoms with van der Waals surface area (Å²) < 4.78 is 32.0. The lowest BCUT2D eigenvalue weighted by Gasteiger charge is -2.32. The van der Waals surface area contributed by atoms with Crippen LogP contribution in [0, 0.1) is 23.7 Å². The number of aromatic nitrogens is 2. The monoisotopic (exact) mass is 484 g/mol. The fourth-order valence-electron chi connectivity index (χ4n) is 5.40. The van der Waals surface area contributed by atoms with Crippen molar-refractivity contribution < 1.29 is 13.2 Å². The topological polar surface area (TPSA) is 75.6 Å². The normalized spacial score (nSPS) is 25.9. The molecule has 0 unspecified atom stereocenters. The van der Waals surface area contributed by atoms with Crippen molar-refractivity contribution >= 4 is 27.6 Å². The van der Waals surface area contributed by atoms with E-state index in [0.29, 0.717) is 30.5 Å². The van der Waals surface area contributed by atoms with Gasteiger partial charge in [0, 0.05) is 39.4 Å². The van der Waals surface area contributed by atoms with Gasteiger partial charge in [-0.1, -0.05) is 18.5 Å². The van der Waals surface area contributed by atoms with E-state index in [4.69, 9.17) is 16.3 Å². The number of hydrogen-bond donors (Lipinski definition) is 0. The van der Waals surface area contributed by atoms with Crippen LogP contribution in [-0.4, -0.2) is 67.8 Å². The number of nitrogens with zero attached hydrogens (tertiary/aromatic N) is 4. The lowest BCUT2D eigenvalue weighted by Crippen LogP contribution is -2.40. The summed E-state index contributed by atoms with van der Waals surface area (Å²) in [6, 6.07) is 0. The van der Waals surface area contributed by atoms with Gasteiger partial charge in [-0.15, -0.1) is 0 Å². The van der Waals surface area contributed by atoms with Crippen LogP contribution in [0.3, 0.4) is 0 Å². The van der Waals surface area contributed by atoms with Crippen molar-refractivity contribution in [1.82, 2.24) is 14.3 Å². The van der Waals surface area contributed by atoms with E-state index >= 15 is 0 Å². The van der Waals surface area contributed by atoms with Crippen molar-refractivity contribution in [3.8, 4) is 0 Å². The van der Waals surface area contributed by atoms with E-state index in [1.807, 2.05) is 6.92 Å². The zero-order valence-corrected chi connectivity index (χ0v) is 20.7. The molecule has 3 aliphatic rings. The molecule has 3 heterocycles. The fraction of sp³-hybridized carbons (Fsp3) is 0.826. The molecule has 2 saturated heterocycles. The number of hydrogen-bond acceptors (Lipinski definition) is 6. The van der Waals surface area contributed by atoms with Crippen molar-refractivity contribution in [2.45, 2.75) is 51.9 Å². The predicted octanol–water partition coefficient (Wildman–Crippen LogP) is 3.84. The van der Waals surface area contributed by atoms with Crippen molar-refractivity contribution in [3.63, 3.8) is 0 Å². The van der Waals surface area contributed by atoms with Gasteiger partial charge in [0.2, 0.25) is 16.0 Å². The van der Waals surface area contributed by atoms with Gasteiger partial charge in [-0.05, 0) is 68.6 Å². The molecule has 1 aliphatic carbocycles. The van der Waals surface area contributed by atoms with Gasteiger partial charge >= 0.3 is 0 Å². The summed E-state index contributed by atoms with van der Waals surface area (Å²) in [7, 11) is -3.05. The van der Waals surface area contributed by atoms with E-state index in [2.05, 4.69) is 14.9 Å². The molecular weight excluding hydrogens is 448 g/mol. The second-order valence-electron chi connectivity index (χ2n) is 9.71. The van der Waals surface area contributed by atoms with E-state index in [1.165, 1.54) is 19.3 Å². The Labute approximate surface area is 197 Å². The summed E-state index contributed by atoms with van der Waals surface area (Å²) in [6.07, 6.45) is 10.8. The van der Waals surface area contributed by atoms with Crippen molar-refractivity contribution in [3.05, 3.63) is 17.4 Å². The Morgan fingerprint density at radius 2 is 1.78 bits per heavy atom. The molecule has 0 aromatic carbocycles. The maximum absolute atomic E-state index is 12.2. The molecule has 0 spiro atoms. The third-order valence-corrected chi connectivity index (χ3v) is 9.70. The minimum atomic E-state index is -3.05. The third kappa shape index (κ3) is 6.33. The molecule has 2 atom stereocenters. The molecule has 3 fully saturated rings. The molecule has 0 radical (unpaired) electrons. The SMILES string of the molecule is CCCS(=O)(=O)N1CCC(COCC[C@@H]2C[C@@H]2C2CCN(c3ncc(Cl)cn3)CC2)CC1. The number of ether oxygens (including phenoxy) is 1. The van der Waals surface area contributed by atoms with Gasteiger partial charge < -0.3 is 9.64 Å². The summed E-state index contributed by atoms with van der Waals surface area (Å²) in [4.78, 5) is 11.0. The molecule has 180 valence electrons. The molecule has 2 aliphatic heterocycles. The fourth-order valence-corrected chi connectivity index (χ4v) is 7.04. The first kappa shape index (κ1) is 24.2. The van der Waals surface area contributed by atoms with Crippen LogP contribution < -0.4 is 4.90 Å². The molecule has 1 aromatic heterocycles. The molecule has 9 heteroatoms. The summed E-state index contributed by atoms with van der Waals surface area (Å²) in [5.74, 6) is 4.06. The molecule has 0 bridgehead atoms. The van der Waals surface area contributed by atoms with Crippen LogP contribution in [0.2, 0.25) is 5.02 Å². The molecular formula is C23H37ClN4O3S. The van der Waals surface area contributed by atoms with E-state index in [9.17, 15) is 8.42 Å². The number of rotatable bonds is 10. The van der Waals surface area contributed by atoms with Crippen LogP contribution in [0.4, 0.5) is 5.95 Å². The lowest BCUT2D eigenvalue weighted by atomic mass is 9.90. The zero-order chi connectivity index (χ0) is 22.6. The molecule has 0 N–H and O–H groups in total. The second kappa shape index (κ2) is 11.0. The summed E-state index contributed by atoms with van der Waals surface area (Å²) in [5, 5.41) is 0.581. The first-order chi connectivity index (χ1) is 15.5. The standard InChI is InChI=1S/C23H37ClN4O3S/c1-2-13-32(29,30)28-10-3-18(4-11-28)17-31-12-7-20-14-22(20)19-5-8-27(9-6-19)23-25-15-21(24)16-26-23/h15-16,18-20,22H,2-14,17H2,1H3/t20-,22-/m1/s1. The Balaban J connectivity index is 1.07. The highest BCUT2D eigenvalue weighted by molar-refractivity contribution is 7.89. The summed E-state index contributed by atoms with van der Waals surface area (Å²) in [6.45, 7) is 6.90. The first-order valence-corrected chi connectivity index (χ1v) is 14.2. The smallest absolute Gasteiger partial charge is 0.225 e. The van der Waals surface area contributed by atoms with E-state index in [1.54, 1.807) is 16.7 Å². The Hall–Kier alpha value is -0.960. The molecule has 1 aromatic rings. The summed E-state index contributed by atoms with van der Waals surface area (Å²) in [5.41, 5.74) is 0. The predicted molar refractivity (Wildman–Crippen MR) is 127 cm³/mol. The average Bonchev–Trinajstić information content (AvgIpc) is 3.57. The van der Waals surface area contributed by atoms with E-state index < -0.39 is 10.0 Å². The Morgan fingerprint density at radius 3 is 2.44 bits per heavy atom. The molecule has 32 heavy (non-hydrogen) atoms. The highest BCUT2D eigenvalue weighted by Gasteiger charge is 2.43. The second-order valence-corrected chi connectivity index (χ2v) is 12.2. The maximum atomic E-state index is 12.2. The van der Waals surface area contributed by atoms with Crippen LogP contribution in [0.15, 0.2) is 12.4 Å². The van der Waals surface area contributed by atoms with Gasteiger partial charge in [0.25, 0.3) is 0 Å². The van der Waals surface area contributed by atoms with E-state index in [0.717, 1.165) is 69.3 Å². The molecule has 0 amide bonds. The number of piperidine rings is 2. The average molecular weight is 485 g/mol. The van der Waals surface area contributed by atoms with Crippen molar-refractivity contribution in [2.75, 3.05) is 50.0 Å². The molecule has 4 rings (SSSR count). The minimum absolute atomic E-state index is 0.269. The lowest BCUT2D eigenvalue weighted by molar-refractivity contribution is 0.0745. The molecule has 1 saturated carbocycles. The Morgan fingerprint density at radius 1 is 1.09 bits per heavy atom. The highest BCUT2D eigenvalue weighted by Crippen LogP contribution is 2.49. The number of halogens is 1. The third-order valence-electron chi connectivity index (χ3n) is 7.43. The van der Waals surface area contributed by atoms with Crippen LogP contribution in [0.1, 0.15) is 51.9 Å². The van der Waals surface area contributed by atoms with E-state index in [-0.39, 0.29) is 5.75 Å². The van der Waals surface area contributed by atoms with Crippen molar-refractivity contribution in [2.24, 2.45) is 23.7 Å².